The summed E-state index contributed by atoms with van der Waals surface area (Å²) in [5, 5.41) is 7.18. The third kappa shape index (κ3) is 3.69. The van der Waals surface area contributed by atoms with Crippen LogP contribution in [0.5, 0.6) is 0 Å². The predicted molar refractivity (Wildman–Crippen MR) is 136 cm³/mol. The molecule has 6 rings (SSSR count). The van der Waals surface area contributed by atoms with Gasteiger partial charge in [-0.2, -0.15) is 4.98 Å². The molecule has 1 saturated heterocycles. The maximum absolute atomic E-state index is 13.4. The summed E-state index contributed by atoms with van der Waals surface area (Å²) in [6.45, 7) is 6.69. The number of hydrogen-bond acceptors (Lipinski definition) is 8. The van der Waals surface area contributed by atoms with E-state index >= 15 is 0 Å². The molecule has 0 aliphatic carbocycles. The molecule has 1 aromatic carbocycles. The molecule has 1 fully saturated rings. The van der Waals surface area contributed by atoms with E-state index < -0.39 is 5.60 Å². The molecular formula is C26H29N7O3. The first-order chi connectivity index (χ1) is 17.5. The van der Waals surface area contributed by atoms with Crippen molar-refractivity contribution < 1.29 is 9.47 Å². The van der Waals surface area contributed by atoms with Crippen LogP contribution in [0.4, 0.5) is 11.6 Å². The molecule has 0 unspecified atom stereocenters. The lowest BCUT2D eigenvalue weighted by molar-refractivity contribution is -0.204. The fourth-order valence-electron chi connectivity index (χ4n) is 4.92. The van der Waals surface area contributed by atoms with Crippen LogP contribution < -0.4 is 16.2 Å². The van der Waals surface area contributed by atoms with Gasteiger partial charge in [0.15, 0.2) is 11.2 Å². The van der Waals surface area contributed by atoms with Gasteiger partial charge in [-0.15, -0.1) is 0 Å². The Bertz CT molecular complexity index is 1500. The van der Waals surface area contributed by atoms with E-state index in [1.54, 1.807) is 24.2 Å². The van der Waals surface area contributed by atoms with Crippen LogP contribution in [0.15, 0.2) is 47.5 Å². The normalized spacial score (nSPS) is 16.7. The van der Waals surface area contributed by atoms with Gasteiger partial charge < -0.3 is 20.1 Å². The summed E-state index contributed by atoms with van der Waals surface area (Å²) in [7, 11) is 1.66. The number of nitrogens with zero attached hydrogens (tertiary/aromatic N) is 5. The molecule has 2 aliphatic rings. The zero-order valence-electron chi connectivity index (χ0n) is 20.6. The van der Waals surface area contributed by atoms with Crippen molar-refractivity contribution in [1.29, 1.82) is 0 Å². The molecule has 0 radical (unpaired) electrons. The van der Waals surface area contributed by atoms with E-state index in [9.17, 15) is 4.79 Å². The lowest BCUT2D eigenvalue weighted by Crippen LogP contribution is -2.48. The van der Waals surface area contributed by atoms with E-state index in [0.717, 1.165) is 36.6 Å². The molecule has 2 N–H and O–H groups in total. The van der Waals surface area contributed by atoms with Crippen molar-refractivity contribution in [3.8, 4) is 5.69 Å². The number of anilines is 2. The first-order valence-electron chi connectivity index (χ1n) is 12.2. The third-order valence-electron chi connectivity index (χ3n) is 6.98. The molecule has 0 saturated carbocycles. The van der Waals surface area contributed by atoms with Gasteiger partial charge in [-0.25, -0.2) is 14.3 Å². The molecule has 10 heteroatoms. The standard InChI is InChI=1S/C26H29N7O3/c1-16(2)32-24(34)21-13-29-25(30-19-5-4-18-12-27-8-6-17(18)10-19)31-23(21)33(32)20-7-9-28-22(11-20)26(35-3)14-36-15-26/h4-5,7,9-11,13,16,27H,6,8,12,14-15H2,1-3H3,(H,29,30,31). The minimum absolute atomic E-state index is 0.0996. The van der Waals surface area contributed by atoms with Gasteiger partial charge in [0.2, 0.25) is 5.95 Å². The number of methoxy groups -OCH3 is 1. The number of pyridine rings is 1. The molecule has 3 aromatic heterocycles. The Hall–Kier alpha value is -3.60. The molecular weight excluding hydrogens is 458 g/mol. The second-order valence-corrected chi connectivity index (χ2v) is 9.61. The molecule has 36 heavy (non-hydrogen) atoms. The van der Waals surface area contributed by atoms with E-state index in [2.05, 4.69) is 32.7 Å². The third-order valence-corrected chi connectivity index (χ3v) is 6.98. The Labute approximate surface area is 208 Å². The van der Waals surface area contributed by atoms with E-state index in [1.165, 1.54) is 11.1 Å². The fourth-order valence-corrected chi connectivity index (χ4v) is 4.92. The SMILES string of the molecule is COC1(c2cc(-n3c4nc(Nc5ccc6c(c5)CCNC6)ncc4c(=O)n3C(C)C)ccn2)COC1. The van der Waals surface area contributed by atoms with Crippen molar-refractivity contribution in [1.82, 2.24) is 29.6 Å². The fraction of sp³-hybridized carbons (Fsp3) is 0.385. The Morgan fingerprint density at radius 3 is 2.78 bits per heavy atom. The van der Waals surface area contributed by atoms with Crippen LogP contribution in [0.3, 0.4) is 0 Å². The lowest BCUT2D eigenvalue weighted by Gasteiger charge is -2.39. The van der Waals surface area contributed by atoms with Crippen LogP contribution >= 0.6 is 0 Å². The van der Waals surface area contributed by atoms with E-state index in [0.29, 0.717) is 30.2 Å². The quantitative estimate of drug-likeness (QED) is 0.428. The molecule has 10 nitrogen and oxygen atoms in total. The van der Waals surface area contributed by atoms with Gasteiger partial charge in [0.05, 0.1) is 24.6 Å². The van der Waals surface area contributed by atoms with Crippen molar-refractivity contribution in [2.24, 2.45) is 0 Å². The average Bonchev–Trinajstić information content (AvgIpc) is 3.16. The van der Waals surface area contributed by atoms with Crippen LogP contribution in [-0.2, 0) is 28.0 Å². The van der Waals surface area contributed by atoms with Gasteiger partial charge in [0.25, 0.3) is 5.56 Å². The Morgan fingerprint density at radius 2 is 2.03 bits per heavy atom. The van der Waals surface area contributed by atoms with Gasteiger partial charge >= 0.3 is 0 Å². The second-order valence-electron chi connectivity index (χ2n) is 9.61. The van der Waals surface area contributed by atoms with Crippen molar-refractivity contribution >= 4 is 22.7 Å². The summed E-state index contributed by atoms with van der Waals surface area (Å²) in [5.74, 6) is 0.432. The number of ether oxygens (including phenoxy) is 2. The summed E-state index contributed by atoms with van der Waals surface area (Å²) in [6, 6.07) is 10.0. The average molecular weight is 488 g/mol. The number of benzene rings is 1. The Kier molecular flexibility index (Phi) is 5.59. The number of aromatic nitrogens is 5. The van der Waals surface area contributed by atoms with Crippen molar-refractivity contribution in [2.75, 3.05) is 32.2 Å². The van der Waals surface area contributed by atoms with Crippen molar-refractivity contribution in [3.63, 3.8) is 0 Å². The lowest BCUT2D eigenvalue weighted by atomic mass is 9.96. The molecule has 2 aliphatic heterocycles. The van der Waals surface area contributed by atoms with Crippen LogP contribution in [-0.4, -0.2) is 51.2 Å². The van der Waals surface area contributed by atoms with Crippen molar-refractivity contribution in [3.05, 3.63) is 69.9 Å². The van der Waals surface area contributed by atoms with E-state index in [-0.39, 0.29) is 11.6 Å². The van der Waals surface area contributed by atoms with Gasteiger partial charge in [0, 0.05) is 37.8 Å². The highest BCUT2D eigenvalue weighted by atomic mass is 16.6. The Balaban J connectivity index is 1.45. The topological polar surface area (TPSA) is 108 Å². The monoisotopic (exact) mass is 487 g/mol. The highest BCUT2D eigenvalue weighted by molar-refractivity contribution is 5.77. The molecule has 186 valence electrons. The first kappa shape index (κ1) is 22.8. The first-order valence-corrected chi connectivity index (χ1v) is 12.2. The van der Waals surface area contributed by atoms with Gasteiger partial charge in [-0.3, -0.25) is 9.78 Å². The zero-order chi connectivity index (χ0) is 24.9. The number of nitrogens with one attached hydrogen (secondary N) is 2. The molecule has 5 heterocycles. The second kappa shape index (κ2) is 8.81. The maximum Gasteiger partial charge on any atom is 0.278 e. The zero-order valence-corrected chi connectivity index (χ0v) is 20.6. The largest absolute Gasteiger partial charge is 0.374 e. The van der Waals surface area contributed by atoms with Gasteiger partial charge in [-0.05, 0) is 62.2 Å². The molecule has 0 spiro atoms. The summed E-state index contributed by atoms with van der Waals surface area (Å²) in [4.78, 5) is 27.2. The smallest absolute Gasteiger partial charge is 0.278 e. The van der Waals surface area contributed by atoms with Crippen molar-refractivity contribution in [2.45, 2.75) is 38.5 Å². The number of fused-ring (bicyclic) bond motifs is 2. The van der Waals surface area contributed by atoms with Crippen LogP contribution in [0.25, 0.3) is 16.7 Å². The highest BCUT2D eigenvalue weighted by Gasteiger charge is 2.42. The molecule has 0 amide bonds. The molecule has 0 atom stereocenters. The summed E-state index contributed by atoms with van der Waals surface area (Å²) < 4.78 is 14.7. The summed E-state index contributed by atoms with van der Waals surface area (Å²) in [6.07, 6.45) is 4.32. The Morgan fingerprint density at radius 1 is 1.17 bits per heavy atom. The molecule has 4 aromatic rings. The maximum atomic E-state index is 13.4. The number of rotatable bonds is 6. The van der Waals surface area contributed by atoms with E-state index in [1.807, 2.05) is 36.7 Å². The van der Waals surface area contributed by atoms with Crippen LogP contribution in [0, 0.1) is 0 Å². The van der Waals surface area contributed by atoms with Gasteiger partial charge in [0.1, 0.15) is 5.39 Å². The van der Waals surface area contributed by atoms with Gasteiger partial charge in [-0.1, -0.05) is 6.07 Å². The van der Waals surface area contributed by atoms with Crippen LogP contribution in [0.2, 0.25) is 0 Å². The van der Waals surface area contributed by atoms with E-state index in [4.69, 9.17) is 14.5 Å². The van der Waals surface area contributed by atoms with Crippen LogP contribution in [0.1, 0.15) is 36.7 Å². The minimum atomic E-state index is -0.578. The molecule has 0 bridgehead atoms. The highest BCUT2D eigenvalue weighted by Crippen LogP contribution is 2.33. The summed E-state index contributed by atoms with van der Waals surface area (Å²) in [5.41, 5.74) is 4.89. The number of hydrogen-bond donors (Lipinski definition) is 2. The summed E-state index contributed by atoms with van der Waals surface area (Å²) >= 11 is 0. The minimum Gasteiger partial charge on any atom is -0.374 e. The predicted octanol–water partition coefficient (Wildman–Crippen LogP) is 2.82.